The number of thiocarbonyl (C=S) groups is 1. The number of ether oxygens (including phenoxy) is 2. The van der Waals surface area contributed by atoms with E-state index in [0.29, 0.717) is 23.2 Å². The SMILES string of the molecule is CCCNC(=S)Nc1c(C)nn(Cc2ccc(OC)c(OC)c2)c1C. The maximum Gasteiger partial charge on any atom is 0.170 e. The van der Waals surface area contributed by atoms with Crippen LogP contribution in [0.25, 0.3) is 0 Å². The largest absolute Gasteiger partial charge is 0.493 e. The normalized spacial score (nSPS) is 10.4. The highest BCUT2D eigenvalue weighted by atomic mass is 32.1. The summed E-state index contributed by atoms with van der Waals surface area (Å²) in [4.78, 5) is 0. The number of aryl methyl sites for hydroxylation is 1. The monoisotopic (exact) mass is 362 g/mol. The number of benzene rings is 1. The first-order valence-corrected chi connectivity index (χ1v) is 8.70. The van der Waals surface area contributed by atoms with Crippen LogP contribution in [0.4, 0.5) is 5.69 Å². The smallest absolute Gasteiger partial charge is 0.170 e. The number of rotatable bonds is 7. The Morgan fingerprint density at radius 1 is 1.20 bits per heavy atom. The van der Waals surface area contributed by atoms with E-state index in [1.807, 2.05) is 36.7 Å². The Hall–Kier alpha value is -2.28. The molecule has 136 valence electrons. The molecule has 2 N–H and O–H groups in total. The Bertz CT molecular complexity index is 743. The predicted octanol–water partition coefficient (Wildman–Crippen LogP) is 3.26. The van der Waals surface area contributed by atoms with E-state index in [4.69, 9.17) is 21.7 Å². The molecule has 0 saturated heterocycles. The highest BCUT2D eigenvalue weighted by Crippen LogP contribution is 2.28. The van der Waals surface area contributed by atoms with Crippen LogP contribution < -0.4 is 20.1 Å². The van der Waals surface area contributed by atoms with Crippen molar-refractivity contribution in [3.05, 3.63) is 35.2 Å². The molecule has 0 fully saturated rings. The molecule has 0 bridgehead atoms. The van der Waals surface area contributed by atoms with Crippen LogP contribution in [0.3, 0.4) is 0 Å². The average molecular weight is 362 g/mol. The van der Waals surface area contributed by atoms with E-state index in [9.17, 15) is 0 Å². The molecule has 1 aromatic heterocycles. The lowest BCUT2D eigenvalue weighted by Gasteiger charge is -2.12. The van der Waals surface area contributed by atoms with Crippen LogP contribution in [-0.2, 0) is 6.54 Å². The predicted molar refractivity (Wildman–Crippen MR) is 105 cm³/mol. The van der Waals surface area contributed by atoms with Crippen LogP contribution in [0.1, 0.15) is 30.3 Å². The van der Waals surface area contributed by atoms with Crippen LogP contribution in [0, 0.1) is 13.8 Å². The third kappa shape index (κ3) is 4.63. The molecular formula is C18H26N4O2S. The molecule has 7 heteroatoms. The topological polar surface area (TPSA) is 60.3 Å². The Morgan fingerprint density at radius 2 is 1.92 bits per heavy atom. The third-order valence-electron chi connectivity index (χ3n) is 3.94. The minimum absolute atomic E-state index is 0.624. The van der Waals surface area contributed by atoms with Crippen molar-refractivity contribution in [2.24, 2.45) is 0 Å². The van der Waals surface area contributed by atoms with Gasteiger partial charge in [0.05, 0.1) is 37.8 Å². The van der Waals surface area contributed by atoms with Crippen molar-refractivity contribution in [3.8, 4) is 11.5 Å². The van der Waals surface area contributed by atoms with Gasteiger partial charge < -0.3 is 20.1 Å². The van der Waals surface area contributed by atoms with Crippen molar-refractivity contribution in [2.75, 3.05) is 26.1 Å². The molecular weight excluding hydrogens is 336 g/mol. The van der Waals surface area contributed by atoms with Crippen molar-refractivity contribution < 1.29 is 9.47 Å². The number of methoxy groups -OCH3 is 2. The van der Waals surface area contributed by atoms with Gasteiger partial charge in [-0.3, -0.25) is 4.68 Å². The van der Waals surface area contributed by atoms with Crippen LogP contribution in [0.5, 0.6) is 11.5 Å². The van der Waals surface area contributed by atoms with Gasteiger partial charge in [-0.25, -0.2) is 0 Å². The van der Waals surface area contributed by atoms with Crippen molar-refractivity contribution in [1.29, 1.82) is 0 Å². The fraction of sp³-hybridized carbons (Fsp3) is 0.444. The molecule has 6 nitrogen and oxygen atoms in total. The van der Waals surface area contributed by atoms with Crippen LogP contribution >= 0.6 is 12.2 Å². The summed E-state index contributed by atoms with van der Waals surface area (Å²) < 4.78 is 12.6. The van der Waals surface area contributed by atoms with Gasteiger partial charge in [0.25, 0.3) is 0 Å². The lowest BCUT2D eigenvalue weighted by atomic mass is 10.2. The molecule has 0 aliphatic heterocycles. The fourth-order valence-electron chi connectivity index (χ4n) is 2.58. The molecule has 0 spiro atoms. The van der Waals surface area contributed by atoms with Gasteiger partial charge in [0.2, 0.25) is 0 Å². The first-order valence-electron chi connectivity index (χ1n) is 8.29. The number of aromatic nitrogens is 2. The Morgan fingerprint density at radius 3 is 2.56 bits per heavy atom. The summed E-state index contributed by atoms with van der Waals surface area (Å²) in [5.41, 5.74) is 3.99. The summed E-state index contributed by atoms with van der Waals surface area (Å²) in [6.07, 6.45) is 1.03. The molecule has 2 rings (SSSR count). The van der Waals surface area contributed by atoms with Crippen molar-refractivity contribution in [3.63, 3.8) is 0 Å². The first kappa shape index (κ1) is 19.1. The molecule has 0 radical (unpaired) electrons. The maximum absolute atomic E-state index is 5.37. The van der Waals surface area contributed by atoms with E-state index in [2.05, 4.69) is 22.7 Å². The third-order valence-corrected chi connectivity index (χ3v) is 4.18. The Labute approximate surface area is 154 Å². The molecule has 25 heavy (non-hydrogen) atoms. The molecule has 0 aliphatic rings. The molecule has 2 aromatic rings. The van der Waals surface area contributed by atoms with Crippen LogP contribution in [-0.4, -0.2) is 35.7 Å². The number of nitrogens with one attached hydrogen (secondary N) is 2. The second kappa shape index (κ2) is 8.71. The average Bonchev–Trinajstić information content (AvgIpc) is 2.87. The lowest BCUT2D eigenvalue weighted by Crippen LogP contribution is -2.29. The van der Waals surface area contributed by atoms with E-state index in [1.165, 1.54) is 0 Å². The molecule has 1 heterocycles. The molecule has 0 unspecified atom stereocenters. The van der Waals surface area contributed by atoms with Crippen molar-refractivity contribution in [2.45, 2.75) is 33.7 Å². The summed E-state index contributed by atoms with van der Waals surface area (Å²) in [6, 6.07) is 5.89. The minimum atomic E-state index is 0.624. The quantitative estimate of drug-likeness (QED) is 0.737. The van der Waals surface area contributed by atoms with Gasteiger partial charge in [-0.2, -0.15) is 5.10 Å². The zero-order valence-corrected chi connectivity index (χ0v) is 16.3. The first-order chi connectivity index (χ1) is 12.0. The van der Waals surface area contributed by atoms with Gasteiger partial charge in [-0.1, -0.05) is 13.0 Å². The highest BCUT2D eigenvalue weighted by molar-refractivity contribution is 7.80. The van der Waals surface area contributed by atoms with E-state index in [1.54, 1.807) is 14.2 Å². The molecule has 0 saturated carbocycles. The summed E-state index contributed by atoms with van der Waals surface area (Å²) in [5, 5.41) is 11.7. The van der Waals surface area contributed by atoms with Gasteiger partial charge in [0, 0.05) is 6.54 Å². The number of anilines is 1. The summed E-state index contributed by atoms with van der Waals surface area (Å²) in [7, 11) is 3.27. The van der Waals surface area contributed by atoms with E-state index < -0.39 is 0 Å². The molecule has 0 aliphatic carbocycles. The summed E-state index contributed by atoms with van der Waals surface area (Å²) in [6.45, 7) is 7.61. The standard InChI is InChI=1S/C18H26N4O2S/c1-6-9-19-18(25)20-17-12(2)21-22(13(17)3)11-14-7-8-15(23-4)16(10-14)24-5/h7-8,10H,6,9,11H2,1-5H3,(H2,19,20,25). The van der Waals surface area contributed by atoms with Crippen LogP contribution in [0.15, 0.2) is 18.2 Å². The van der Waals surface area contributed by atoms with Crippen LogP contribution in [0.2, 0.25) is 0 Å². The van der Waals surface area contributed by atoms with Gasteiger partial charge >= 0.3 is 0 Å². The molecule has 0 amide bonds. The number of nitrogens with zero attached hydrogens (tertiary/aromatic N) is 2. The zero-order chi connectivity index (χ0) is 18.4. The summed E-state index contributed by atoms with van der Waals surface area (Å²) >= 11 is 5.33. The fourth-order valence-corrected chi connectivity index (χ4v) is 2.78. The van der Waals surface area contributed by atoms with Gasteiger partial charge in [0.1, 0.15) is 0 Å². The summed E-state index contributed by atoms with van der Waals surface area (Å²) in [5.74, 6) is 1.43. The van der Waals surface area contributed by atoms with Gasteiger partial charge in [-0.15, -0.1) is 0 Å². The number of hydrogen-bond donors (Lipinski definition) is 2. The van der Waals surface area contributed by atoms with Gasteiger partial charge in [0.15, 0.2) is 16.6 Å². The second-order valence-electron chi connectivity index (χ2n) is 5.77. The van der Waals surface area contributed by atoms with Gasteiger partial charge in [-0.05, 0) is 50.2 Å². The maximum atomic E-state index is 5.37. The zero-order valence-electron chi connectivity index (χ0n) is 15.5. The van der Waals surface area contributed by atoms with E-state index in [-0.39, 0.29) is 0 Å². The molecule has 0 atom stereocenters. The van der Waals surface area contributed by atoms with E-state index >= 15 is 0 Å². The van der Waals surface area contributed by atoms with Crippen molar-refractivity contribution >= 4 is 23.0 Å². The van der Waals surface area contributed by atoms with Crippen molar-refractivity contribution in [1.82, 2.24) is 15.1 Å². The highest BCUT2D eigenvalue weighted by Gasteiger charge is 2.14. The van der Waals surface area contributed by atoms with E-state index in [0.717, 1.165) is 35.6 Å². The second-order valence-corrected chi connectivity index (χ2v) is 6.18. The minimum Gasteiger partial charge on any atom is -0.493 e. The Balaban J connectivity index is 2.18. The molecule has 1 aromatic carbocycles. The lowest BCUT2D eigenvalue weighted by molar-refractivity contribution is 0.354. The number of hydrogen-bond acceptors (Lipinski definition) is 4. The Kier molecular flexibility index (Phi) is 6.64.